The molecule has 1 aliphatic heterocycles. The van der Waals surface area contributed by atoms with Gasteiger partial charge in [-0.05, 0) is 31.5 Å². The first-order valence-electron chi connectivity index (χ1n) is 11.9. The molecule has 35 heavy (non-hydrogen) atoms. The van der Waals surface area contributed by atoms with E-state index in [1.54, 1.807) is 23.0 Å². The van der Waals surface area contributed by atoms with Crippen LogP contribution in [0.15, 0.2) is 48.8 Å². The molecule has 1 fully saturated rings. The number of nitrogens with one attached hydrogen (secondary N) is 2. The summed E-state index contributed by atoms with van der Waals surface area (Å²) >= 11 is 6.79. The minimum absolute atomic E-state index is 0.110. The van der Waals surface area contributed by atoms with Crippen LogP contribution in [0, 0.1) is 6.92 Å². The number of rotatable bonds is 6. The average molecular weight is 492 g/mol. The Labute approximate surface area is 209 Å². The van der Waals surface area contributed by atoms with Crippen molar-refractivity contribution < 1.29 is 4.79 Å². The molecule has 4 aromatic rings. The molecule has 0 bridgehead atoms. The van der Waals surface area contributed by atoms with Gasteiger partial charge in [0.1, 0.15) is 16.5 Å². The number of benzene rings is 1. The van der Waals surface area contributed by atoms with E-state index in [0.29, 0.717) is 28.6 Å². The number of carbonyl (C=O) groups is 1. The molecule has 5 rings (SSSR count). The molecule has 1 aliphatic rings. The maximum Gasteiger partial charge on any atom is 0.251 e. The van der Waals surface area contributed by atoms with E-state index in [4.69, 9.17) is 16.6 Å². The van der Waals surface area contributed by atoms with E-state index in [9.17, 15) is 4.79 Å². The van der Waals surface area contributed by atoms with Crippen molar-refractivity contribution in [1.29, 1.82) is 0 Å². The molecule has 8 nitrogen and oxygen atoms in total. The summed E-state index contributed by atoms with van der Waals surface area (Å²) < 4.78 is 3.62. The van der Waals surface area contributed by atoms with Crippen molar-refractivity contribution in [1.82, 2.24) is 34.7 Å². The highest BCUT2D eigenvalue weighted by atomic mass is 35.5. The van der Waals surface area contributed by atoms with Crippen LogP contribution < -0.4 is 10.6 Å². The zero-order valence-electron chi connectivity index (χ0n) is 20.3. The highest BCUT2D eigenvalue weighted by molar-refractivity contribution is 6.32. The van der Waals surface area contributed by atoms with Crippen LogP contribution in [0.25, 0.3) is 28.0 Å². The maximum absolute atomic E-state index is 12.9. The van der Waals surface area contributed by atoms with E-state index in [0.717, 1.165) is 48.6 Å². The number of nitrogens with zero attached hydrogens (tertiary/aromatic N) is 5. The van der Waals surface area contributed by atoms with Crippen molar-refractivity contribution in [2.75, 3.05) is 32.7 Å². The Morgan fingerprint density at radius 3 is 2.63 bits per heavy atom. The number of imidazole rings is 1. The maximum atomic E-state index is 12.9. The summed E-state index contributed by atoms with van der Waals surface area (Å²) in [6.07, 6.45) is 3.81. The summed E-state index contributed by atoms with van der Waals surface area (Å²) in [5, 5.41) is 11.4. The van der Waals surface area contributed by atoms with Gasteiger partial charge in [0.25, 0.3) is 5.91 Å². The largest absolute Gasteiger partial charge is 0.350 e. The third-order valence-electron chi connectivity index (χ3n) is 6.65. The fraction of sp³-hybridized carbons (Fsp3) is 0.346. The van der Waals surface area contributed by atoms with E-state index in [1.165, 1.54) is 0 Å². The van der Waals surface area contributed by atoms with Crippen molar-refractivity contribution in [2.45, 2.75) is 19.9 Å². The van der Waals surface area contributed by atoms with Crippen LogP contribution in [0.3, 0.4) is 0 Å². The van der Waals surface area contributed by atoms with Crippen LogP contribution in [0.1, 0.15) is 23.0 Å². The summed E-state index contributed by atoms with van der Waals surface area (Å²) in [5.74, 6) is -0.110. The van der Waals surface area contributed by atoms with Crippen molar-refractivity contribution in [3.8, 4) is 22.4 Å². The Kier molecular flexibility index (Phi) is 6.60. The van der Waals surface area contributed by atoms with E-state index in [-0.39, 0.29) is 11.9 Å². The highest BCUT2D eigenvalue weighted by Gasteiger charge is 2.20. The molecule has 9 heteroatoms. The van der Waals surface area contributed by atoms with Gasteiger partial charge in [0.15, 0.2) is 0 Å². The second-order valence-electron chi connectivity index (χ2n) is 9.09. The zero-order valence-corrected chi connectivity index (χ0v) is 21.0. The molecule has 0 aliphatic carbocycles. The Hall–Kier alpha value is -3.20. The lowest BCUT2D eigenvalue weighted by molar-refractivity contribution is 0.0932. The van der Waals surface area contributed by atoms with Gasteiger partial charge in [-0.2, -0.15) is 5.10 Å². The topological polar surface area (TPSA) is 79.5 Å². The van der Waals surface area contributed by atoms with Crippen LogP contribution >= 0.6 is 11.6 Å². The predicted octanol–water partition coefficient (Wildman–Crippen LogP) is 3.39. The Bertz CT molecular complexity index is 1370. The first kappa shape index (κ1) is 23.5. The fourth-order valence-electron chi connectivity index (χ4n) is 4.71. The number of pyridine rings is 1. The second kappa shape index (κ2) is 9.81. The molecule has 182 valence electrons. The van der Waals surface area contributed by atoms with Crippen LogP contribution in [-0.4, -0.2) is 68.7 Å². The first-order chi connectivity index (χ1) is 16.9. The molecule has 0 unspecified atom stereocenters. The Balaban J connectivity index is 1.41. The summed E-state index contributed by atoms with van der Waals surface area (Å²) in [4.78, 5) is 20.1. The highest BCUT2D eigenvalue weighted by Crippen LogP contribution is 2.37. The summed E-state index contributed by atoms with van der Waals surface area (Å²) in [6.45, 7) is 8.71. The van der Waals surface area contributed by atoms with Gasteiger partial charge < -0.3 is 10.6 Å². The Morgan fingerprint density at radius 2 is 1.91 bits per heavy atom. The van der Waals surface area contributed by atoms with E-state index < -0.39 is 0 Å². The monoisotopic (exact) mass is 491 g/mol. The normalized spacial score (nSPS) is 15.4. The third-order valence-corrected chi connectivity index (χ3v) is 7.01. The summed E-state index contributed by atoms with van der Waals surface area (Å²) in [5.41, 5.74) is 5.79. The quantitative estimate of drug-likeness (QED) is 0.432. The molecule has 0 saturated carbocycles. The number of piperazine rings is 1. The zero-order chi connectivity index (χ0) is 24.5. The number of amides is 1. The molecular formula is C26H30ClN7O. The average Bonchev–Trinajstić information content (AvgIpc) is 3.40. The smallest absolute Gasteiger partial charge is 0.251 e. The van der Waals surface area contributed by atoms with Crippen LogP contribution in [-0.2, 0) is 7.05 Å². The number of aromatic nitrogens is 4. The number of aryl methyl sites for hydroxylation is 2. The number of carbonyl (C=O) groups excluding carboxylic acids is 1. The van der Waals surface area contributed by atoms with E-state index >= 15 is 0 Å². The fourth-order valence-corrected chi connectivity index (χ4v) is 5.00. The van der Waals surface area contributed by atoms with E-state index in [2.05, 4.69) is 33.6 Å². The van der Waals surface area contributed by atoms with Crippen molar-refractivity contribution in [3.05, 3.63) is 65.2 Å². The minimum Gasteiger partial charge on any atom is -0.350 e. The molecule has 1 aromatic carbocycles. The molecule has 0 radical (unpaired) electrons. The van der Waals surface area contributed by atoms with Gasteiger partial charge in [0, 0.05) is 74.9 Å². The molecule has 1 saturated heterocycles. The van der Waals surface area contributed by atoms with Gasteiger partial charge in [-0.25, -0.2) is 4.98 Å². The van der Waals surface area contributed by atoms with Gasteiger partial charge in [-0.3, -0.25) is 18.8 Å². The lowest BCUT2D eigenvalue weighted by Gasteiger charge is -2.32. The van der Waals surface area contributed by atoms with Crippen molar-refractivity contribution in [2.24, 2.45) is 7.05 Å². The predicted molar refractivity (Wildman–Crippen MR) is 139 cm³/mol. The number of hydrogen-bond acceptors (Lipinski definition) is 5. The van der Waals surface area contributed by atoms with Gasteiger partial charge in [-0.15, -0.1) is 0 Å². The van der Waals surface area contributed by atoms with Crippen LogP contribution in [0.4, 0.5) is 0 Å². The molecule has 4 heterocycles. The van der Waals surface area contributed by atoms with E-state index in [1.807, 2.05) is 42.8 Å². The van der Waals surface area contributed by atoms with Gasteiger partial charge >= 0.3 is 0 Å². The molecule has 1 atom stereocenters. The number of hydrogen-bond donors (Lipinski definition) is 2. The SMILES string of the molecule is Cc1nn(C)cc1-c1ccccc1-c1nc2cc(C(=O)NC[C@@H](C)N3CCNCC3)ccn2c1Cl. The number of halogens is 1. The molecule has 2 N–H and O–H groups in total. The lowest BCUT2D eigenvalue weighted by atomic mass is 9.99. The number of fused-ring (bicyclic) bond motifs is 1. The molecular weight excluding hydrogens is 462 g/mol. The summed E-state index contributed by atoms with van der Waals surface area (Å²) in [6, 6.07) is 11.9. The molecule has 0 spiro atoms. The van der Waals surface area contributed by atoms with Crippen molar-refractivity contribution in [3.63, 3.8) is 0 Å². The third kappa shape index (κ3) is 4.69. The summed E-state index contributed by atoms with van der Waals surface area (Å²) in [7, 11) is 1.91. The van der Waals surface area contributed by atoms with Gasteiger partial charge in [0.2, 0.25) is 0 Å². The Morgan fingerprint density at radius 1 is 1.17 bits per heavy atom. The van der Waals surface area contributed by atoms with Crippen LogP contribution in [0.2, 0.25) is 5.15 Å². The first-order valence-corrected chi connectivity index (χ1v) is 12.3. The standard InChI is InChI=1S/C26H30ClN7O/c1-17(33-12-9-28-10-13-33)15-29-26(35)19-8-11-34-23(14-19)30-24(25(34)27)21-7-5-4-6-20(21)22-16-32(3)31-18(22)2/h4-8,11,14,16-17,28H,9-10,12-13,15H2,1-3H3,(H,29,35)/t17-/m1/s1. The van der Waals surface area contributed by atoms with Crippen LogP contribution in [0.5, 0.6) is 0 Å². The molecule has 1 amide bonds. The van der Waals surface area contributed by atoms with Crippen molar-refractivity contribution >= 4 is 23.2 Å². The minimum atomic E-state index is -0.110. The van der Waals surface area contributed by atoms with Gasteiger partial charge in [0.05, 0.1) is 5.69 Å². The lowest BCUT2D eigenvalue weighted by Crippen LogP contribution is -2.50. The van der Waals surface area contributed by atoms with Gasteiger partial charge in [-0.1, -0.05) is 35.9 Å². The molecule has 3 aromatic heterocycles. The second-order valence-corrected chi connectivity index (χ2v) is 9.45.